The Balaban J connectivity index is 1.55. The molecule has 11 nitrogen and oxygen atoms in total. The lowest BCUT2D eigenvalue weighted by Gasteiger charge is -2.08. The Morgan fingerprint density at radius 1 is 1.20 bits per heavy atom. The topological polar surface area (TPSA) is 145 Å². The molecule has 0 saturated heterocycles. The highest BCUT2D eigenvalue weighted by molar-refractivity contribution is 5.84. The zero-order valence-electron chi connectivity index (χ0n) is 15.9. The highest BCUT2D eigenvalue weighted by atomic mass is 16.5. The van der Waals surface area contributed by atoms with Gasteiger partial charge in [0.2, 0.25) is 11.8 Å². The lowest BCUT2D eigenvalue weighted by Crippen LogP contribution is -2.22. The second-order valence-corrected chi connectivity index (χ2v) is 6.66. The van der Waals surface area contributed by atoms with Crippen LogP contribution in [-0.4, -0.2) is 34.9 Å². The number of nitrogens with zero attached hydrogens (tertiary/aromatic N) is 5. The lowest BCUT2D eigenvalue weighted by molar-refractivity contribution is 0.185. The maximum Gasteiger partial charge on any atom is 0.325 e. The third-order valence-electron chi connectivity index (χ3n) is 4.59. The summed E-state index contributed by atoms with van der Waals surface area (Å²) in [6, 6.07) is 9.07. The Hall–Kier alpha value is -4.28. The summed E-state index contributed by atoms with van der Waals surface area (Å²) in [5.74, 6) is 0.702. The van der Waals surface area contributed by atoms with Crippen molar-refractivity contribution in [2.75, 3.05) is 0 Å². The Labute approximate surface area is 167 Å². The number of H-pyrrole nitrogens is 2. The van der Waals surface area contributed by atoms with Crippen molar-refractivity contribution < 1.29 is 9.15 Å². The number of fused-ring (bicyclic) bond motifs is 2. The second-order valence-electron chi connectivity index (χ2n) is 6.66. The van der Waals surface area contributed by atoms with Crippen molar-refractivity contribution in [3.63, 3.8) is 0 Å². The fourth-order valence-electron chi connectivity index (χ4n) is 3.12. The van der Waals surface area contributed by atoms with E-state index in [1.165, 1.54) is 10.9 Å². The Kier molecular flexibility index (Phi) is 3.95. The molecule has 0 amide bonds. The number of aryl methyl sites for hydroxylation is 1. The Morgan fingerprint density at radius 2 is 2.03 bits per heavy atom. The predicted octanol–water partition coefficient (Wildman–Crippen LogP) is 1.69. The van der Waals surface area contributed by atoms with Gasteiger partial charge in [0.25, 0.3) is 5.56 Å². The largest absolute Gasteiger partial charge is 0.463 e. The van der Waals surface area contributed by atoms with Crippen molar-refractivity contribution in [1.29, 1.82) is 0 Å². The number of hydrogen-bond acceptors (Lipinski definition) is 8. The minimum Gasteiger partial charge on any atom is -0.463 e. The first-order valence-electron chi connectivity index (χ1n) is 9.04. The zero-order chi connectivity index (χ0) is 20.8. The molecule has 1 aromatic carbocycles. The molecule has 0 aliphatic heterocycles. The van der Waals surface area contributed by atoms with Gasteiger partial charge >= 0.3 is 5.69 Å². The van der Waals surface area contributed by atoms with Crippen molar-refractivity contribution >= 4 is 22.1 Å². The van der Waals surface area contributed by atoms with E-state index < -0.39 is 17.4 Å². The predicted molar refractivity (Wildman–Crippen MR) is 106 cm³/mol. The van der Waals surface area contributed by atoms with Crippen molar-refractivity contribution in [2.24, 2.45) is 7.05 Å². The van der Waals surface area contributed by atoms with E-state index in [1.54, 1.807) is 20.0 Å². The molecule has 5 rings (SSSR count). The molecule has 0 radical (unpaired) electrons. The van der Waals surface area contributed by atoms with Crippen LogP contribution in [0.3, 0.4) is 0 Å². The van der Waals surface area contributed by atoms with Crippen LogP contribution in [0.5, 0.6) is 5.88 Å². The van der Waals surface area contributed by atoms with Crippen molar-refractivity contribution in [2.45, 2.75) is 13.0 Å². The minimum absolute atomic E-state index is 0.172. The first kappa shape index (κ1) is 17.8. The molecule has 30 heavy (non-hydrogen) atoms. The van der Waals surface area contributed by atoms with Crippen LogP contribution >= 0.6 is 0 Å². The average molecular weight is 405 g/mol. The van der Waals surface area contributed by atoms with Crippen LogP contribution in [0.1, 0.15) is 18.9 Å². The lowest BCUT2D eigenvalue weighted by atomic mass is 10.2. The molecule has 5 aromatic rings. The highest BCUT2D eigenvalue weighted by Crippen LogP contribution is 2.30. The van der Waals surface area contributed by atoms with E-state index >= 15 is 0 Å². The van der Waals surface area contributed by atoms with Gasteiger partial charge < -0.3 is 14.1 Å². The van der Waals surface area contributed by atoms with Crippen LogP contribution in [0.25, 0.3) is 33.4 Å². The molecule has 150 valence electrons. The summed E-state index contributed by atoms with van der Waals surface area (Å²) in [7, 11) is 1.71. The normalized spacial score (nSPS) is 12.5. The number of ether oxygens (including phenoxy) is 1. The van der Waals surface area contributed by atoms with Gasteiger partial charge in [-0.3, -0.25) is 9.78 Å². The molecular formula is C19H15N7O4. The third-order valence-corrected chi connectivity index (χ3v) is 4.59. The Morgan fingerprint density at radius 3 is 2.83 bits per heavy atom. The van der Waals surface area contributed by atoms with Crippen LogP contribution in [-0.2, 0) is 7.05 Å². The van der Waals surface area contributed by atoms with E-state index in [0.717, 1.165) is 5.52 Å². The van der Waals surface area contributed by atoms with Crippen LogP contribution in [0.15, 0.2) is 50.5 Å². The summed E-state index contributed by atoms with van der Waals surface area (Å²) in [5.41, 5.74) is 1.14. The number of aromatic amines is 2. The molecule has 1 atom stereocenters. The molecule has 0 spiro atoms. The number of oxazole rings is 1. The second kappa shape index (κ2) is 6.65. The Bertz CT molecular complexity index is 1480. The van der Waals surface area contributed by atoms with Crippen molar-refractivity contribution in [1.82, 2.24) is 34.9 Å². The van der Waals surface area contributed by atoms with E-state index in [2.05, 4.69) is 30.2 Å². The van der Waals surface area contributed by atoms with Gasteiger partial charge in [0.15, 0.2) is 17.3 Å². The summed E-state index contributed by atoms with van der Waals surface area (Å²) < 4.78 is 13.3. The molecule has 0 fully saturated rings. The summed E-state index contributed by atoms with van der Waals surface area (Å²) in [6.07, 6.45) is 0.762. The fourth-order valence-corrected chi connectivity index (χ4v) is 3.12. The monoisotopic (exact) mass is 405 g/mol. The molecule has 4 heterocycles. The first-order valence-corrected chi connectivity index (χ1v) is 9.04. The SMILES string of the molecule is CC(Oc1nn(C)c2nnc(-c3c[nH]c(=O)[nH]c3=O)cc12)c1nc2ccccc2o1. The number of nitrogens with one attached hydrogen (secondary N) is 2. The molecule has 0 saturated carbocycles. The van der Waals surface area contributed by atoms with Crippen LogP contribution in [0.2, 0.25) is 0 Å². The summed E-state index contributed by atoms with van der Waals surface area (Å²) in [6.45, 7) is 1.80. The average Bonchev–Trinajstić information content (AvgIpc) is 3.29. The van der Waals surface area contributed by atoms with Gasteiger partial charge in [-0.25, -0.2) is 14.5 Å². The van der Waals surface area contributed by atoms with Gasteiger partial charge in [0, 0.05) is 13.2 Å². The molecular weight excluding hydrogens is 390 g/mol. The quantitative estimate of drug-likeness (QED) is 0.459. The van der Waals surface area contributed by atoms with Crippen LogP contribution < -0.4 is 16.0 Å². The third kappa shape index (κ3) is 2.92. The standard InChI is InChI=1S/C19H15N7O4/c1-9(17-21-12-5-3-4-6-14(12)30-17)29-18-10-7-13(23-24-15(10)26(2)25-18)11-8-20-19(28)22-16(11)27/h3-9H,1-2H3,(H2,20,22,27,28). The van der Waals surface area contributed by atoms with Gasteiger partial charge in [0.1, 0.15) is 11.2 Å². The zero-order valence-corrected chi connectivity index (χ0v) is 15.9. The van der Waals surface area contributed by atoms with E-state index in [9.17, 15) is 9.59 Å². The number of aromatic nitrogens is 7. The van der Waals surface area contributed by atoms with Gasteiger partial charge in [-0.2, -0.15) is 0 Å². The molecule has 11 heteroatoms. The smallest absolute Gasteiger partial charge is 0.325 e. The molecule has 0 bridgehead atoms. The van der Waals surface area contributed by atoms with E-state index in [4.69, 9.17) is 9.15 Å². The maximum atomic E-state index is 12.1. The van der Waals surface area contributed by atoms with E-state index in [0.29, 0.717) is 28.4 Å². The maximum absolute atomic E-state index is 12.1. The van der Waals surface area contributed by atoms with Crippen molar-refractivity contribution in [3.8, 4) is 17.1 Å². The summed E-state index contributed by atoms with van der Waals surface area (Å²) in [4.78, 5) is 32.4. The first-order chi connectivity index (χ1) is 14.5. The minimum atomic E-state index is -0.602. The van der Waals surface area contributed by atoms with Gasteiger partial charge in [-0.05, 0) is 25.1 Å². The number of hydrogen-bond donors (Lipinski definition) is 2. The number of benzene rings is 1. The molecule has 1 unspecified atom stereocenters. The fraction of sp³-hybridized carbons (Fsp3) is 0.158. The van der Waals surface area contributed by atoms with Crippen molar-refractivity contribution in [3.05, 3.63) is 63.3 Å². The molecule has 4 aromatic heterocycles. The van der Waals surface area contributed by atoms with Gasteiger partial charge in [-0.1, -0.05) is 12.1 Å². The summed E-state index contributed by atoms with van der Waals surface area (Å²) in [5, 5.41) is 13.1. The highest BCUT2D eigenvalue weighted by Gasteiger charge is 2.20. The van der Waals surface area contributed by atoms with Gasteiger partial charge in [-0.15, -0.1) is 15.3 Å². The molecule has 0 aliphatic rings. The van der Waals surface area contributed by atoms with Crippen LogP contribution in [0.4, 0.5) is 0 Å². The summed E-state index contributed by atoms with van der Waals surface area (Å²) >= 11 is 0. The molecule has 0 aliphatic carbocycles. The van der Waals surface area contributed by atoms with E-state index in [1.807, 2.05) is 24.3 Å². The number of rotatable bonds is 4. The van der Waals surface area contributed by atoms with Gasteiger partial charge in [0.05, 0.1) is 10.9 Å². The number of para-hydroxylation sites is 2. The van der Waals surface area contributed by atoms with E-state index in [-0.39, 0.29) is 11.3 Å². The molecule has 2 N–H and O–H groups in total. The van der Waals surface area contributed by atoms with Crippen LogP contribution in [0, 0.1) is 0 Å².